The molecule has 0 heterocycles. The SMILES string of the molecule is N#CC(NCCO)c1ccc(F)cc1Br. The molecule has 0 amide bonds. The molecule has 0 aromatic heterocycles. The van der Waals surface area contributed by atoms with Gasteiger partial charge in [-0.1, -0.05) is 22.0 Å². The zero-order valence-corrected chi connectivity index (χ0v) is 9.46. The van der Waals surface area contributed by atoms with Crippen molar-refractivity contribution in [2.24, 2.45) is 0 Å². The first kappa shape index (κ1) is 12.1. The third kappa shape index (κ3) is 3.27. The summed E-state index contributed by atoms with van der Waals surface area (Å²) in [4.78, 5) is 0. The van der Waals surface area contributed by atoms with E-state index in [2.05, 4.69) is 21.2 Å². The van der Waals surface area contributed by atoms with Crippen LogP contribution < -0.4 is 5.32 Å². The molecule has 0 aliphatic carbocycles. The number of hydrogen-bond donors (Lipinski definition) is 2. The maximum atomic E-state index is 12.8. The molecule has 15 heavy (non-hydrogen) atoms. The fourth-order valence-corrected chi connectivity index (χ4v) is 1.75. The van der Waals surface area contributed by atoms with Gasteiger partial charge in [0.1, 0.15) is 11.9 Å². The summed E-state index contributed by atoms with van der Waals surface area (Å²) in [6, 6.07) is 5.63. The first-order chi connectivity index (χ1) is 7.19. The largest absolute Gasteiger partial charge is 0.395 e. The summed E-state index contributed by atoms with van der Waals surface area (Å²) in [7, 11) is 0. The normalized spacial score (nSPS) is 12.1. The van der Waals surface area contributed by atoms with Gasteiger partial charge in [0.05, 0.1) is 12.7 Å². The van der Waals surface area contributed by atoms with E-state index in [1.54, 1.807) is 0 Å². The van der Waals surface area contributed by atoms with E-state index in [0.29, 0.717) is 16.6 Å². The smallest absolute Gasteiger partial charge is 0.124 e. The summed E-state index contributed by atoms with van der Waals surface area (Å²) < 4.78 is 13.3. The van der Waals surface area contributed by atoms with Gasteiger partial charge in [-0.15, -0.1) is 0 Å². The standard InChI is InChI=1S/C10H10BrFN2O/c11-9-5-7(12)1-2-8(9)10(6-13)14-3-4-15/h1-2,5,10,14-15H,3-4H2. The number of hydrogen-bond acceptors (Lipinski definition) is 3. The van der Waals surface area contributed by atoms with Crippen LogP contribution in [0.25, 0.3) is 0 Å². The summed E-state index contributed by atoms with van der Waals surface area (Å²) >= 11 is 3.19. The molecule has 1 unspecified atom stereocenters. The number of rotatable bonds is 4. The van der Waals surface area contributed by atoms with Crippen molar-refractivity contribution in [2.75, 3.05) is 13.2 Å². The van der Waals surface area contributed by atoms with Crippen molar-refractivity contribution < 1.29 is 9.50 Å². The second-order valence-corrected chi connectivity index (χ2v) is 3.76. The van der Waals surface area contributed by atoms with Crippen LogP contribution in [0.4, 0.5) is 4.39 Å². The minimum absolute atomic E-state index is 0.0446. The van der Waals surface area contributed by atoms with Crippen LogP contribution in [0.15, 0.2) is 22.7 Å². The Balaban J connectivity index is 2.88. The first-order valence-electron chi connectivity index (χ1n) is 4.38. The lowest BCUT2D eigenvalue weighted by atomic mass is 10.1. The van der Waals surface area contributed by atoms with E-state index in [4.69, 9.17) is 10.4 Å². The van der Waals surface area contributed by atoms with E-state index in [1.165, 1.54) is 18.2 Å². The molecule has 0 aliphatic rings. The van der Waals surface area contributed by atoms with E-state index in [0.717, 1.165) is 0 Å². The molecule has 80 valence electrons. The van der Waals surface area contributed by atoms with Crippen LogP contribution in [0.5, 0.6) is 0 Å². The van der Waals surface area contributed by atoms with Crippen LogP contribution in [-0.2, 0) is 0 Å². The molecule has 0 saturated heterocycles. The summed E-state index contributed by atoms with van der Waals surface area (Å²) in [6.07, 6.45) is 0. The average molecular weight is 273 g/mol. The molecule has 0 saturated carbocycles. The Morgan fingerprint density at radius 2 is 2.33 bits per heavy atom. The monoisotopic (exact) mass is 272 g/mol. The van der Waals surface area contributed by atoms with E-state index in [-0.39, 0.29) is 12.4 Å². The number of nitriles is 1. The highest BCUT2D eigenvalue weighted by molar-refractivity contribution is 9.10. The van der Waals surface area contributed by atoms with Crippen LogP contribution in [0.3, 0.4) is 0 Å². The third-order valence-corrected chi connectivity index (χ3v) is 2.55. The molecule has 3 nitrogen and oxygen atoms in total. The van der Waals surface area contributed by atoms with Gasteiger partial charge in [-0.25, -0.2) is 4.39 Å². The van der Waals surface area contributed by atoms with Crippen molar-refractivity contribution >= 4 is 15.9 Å². The Bertz CT molecular complexity index is 378. The Labute approximate surface area is 95.7 Å². The zero-order chi connectivity index (χ0) is 11.3. The van der Waals surface area contributed by atoms with Gasteiger partial charge in [0, 0.05) is 11.0 Å². The van der Waals surface area contributed by atoms with E-state index >= 15 is 0 Å². The molecule has 0 aliphatic heterocycles. The Morgan fingerprint density at radius 1 is 1.60 bits per heavy atom. The molecule has 1 atom stereocenters. The highest BCUT2D eigenvalue weighted by atomic mass is 79.9. The van der Waals surface area contributed by atoms with Gasteiger partial charge in [-0.05, 0) is 17.7 Å². The number of aliphatic hydroxyl groups excluding tert-OH is 1. The fraction of sp³-hybridized carbons (Fsp3) is 0.300. The first-order valence-corrected chi connectivity index (χ1v) is 5.17. The van der Waals surface area contributed by atoms with Gasteiger partial charge in [-0.2, -0.15) is 5.26 Å². The maximum absolute atomic E-state index is 12.8. The summed E-state index contributed by atoms with van der Waals surface area (Å²) in [5.74, 6) is -0.357. The van der Waals surface area contributed by atoms with E-state index in [9.17, 15) is 4.39 Å². The molecule has 0 fully saturated rings. The molecule has 5 heteroatoms. The van der Waals surface area contributed by atoms with Crippen molar-refractivity contribution in [3.8, 4) is 6.07 Å². The highest BCUT2D eigenvalue weighted by Gasteiger charge is 2.13. The summed E-state index contributed by atoms with van der Waals surface area (Å²) in [5.41, 5.74) is 0.660. The molecule has 2 N–H and O–H groups in total. The number of nitrogens with zero attached hydrogens (tertiary/aromatic N) is 1. The van der Waals surface area contributed by atoms with Gasteiger partial charge in [0.25, 0.3) is 0 Å². The zero-order valence-electron chi connectivity index (χ0n) is 7.87. The van der Waals surface area contributed by atoms with Gasteiger partial charge in [0.2, 0.25) is 0 Å². The Hall–Kier alpha value is -0.960. The molecule has 0 spiro atoms. The lowest BCUT2D eigenvalue weighted by Gasteiger charge is -2.12. The number of halogens is 2. The molecule has 1 aromatic rings. The van der Waals surface area contributed by atoms with Gasteiger partial charge < -0.3 is 5.11 Å². The lowest BCUT2D eigenvalue weighted by molar-refractivity contribution is 0.289. The second-order valence-electron chi connectivity index (χ2n) is 2.91. The lowest BCUT2D eigenvalue weighted by Crippen LogP contribution is -2.23. The quantitative estimate of drug-likeness (QED) is 0.878. The van der Waals surface area contributed by atoms with Crippen LogP contribution in [-0.4, -0.2) is 18.3 Å². The molecule has 0 radical (unpaired) electrons. The summed E-state index contributed by atoms with van der Waals surface area (Å²) in [6.45, 7) is 0.277. The predicted molar refractivity (Wildman–Crippen MR) is 57.5 cm³/mol. The minimum Gasteiger partial charge on any atom is -0.395 e. The van der Waals surface area contributed by atoms with E-state index < -0.39 is 6.04 Å². The van der Waals surface area contributed by atoms with Gasteiger partial charge >= 0.3 is 0 Å². The van der Waals surface area contributed by atoms with Crippen molar-refractivity contribution in [1.29, 1.82) is 5.26 Å². The molecular formula is C10H10BrFN2O. The molecule has 0 bridgehead atoms. The average Bonchev–Trinajstić information content (AvgIpc) is 2.21. The van der Waals surface area contributed by atoms with Crippen molar-refractivity contribution in [3.63, 3.8) is 0 Å². The molecular weight excluding hydrogens is 263 g/mol. The van der Waals surface area contributed by atoms with Crippen LogP contribution in [0.2, 0.25) is 0 Å². The predicted octanol–water partition coefficient (Wildman–Crippen LogP) is 1.73. The van der Waals surface area contributed by atoms with Crippen LogP contribution in [0, 0.1) is 17.1 Å². The van der Waals surface area contributed by atoms with Crippen molar-refractivity contribution in [2.45, 2.75) is 6.04 Å². The molecule has 1 aromatic carbocycles. The number of nitrogens with one attached hydrogen (secondary N) is 1. The van der Waals surface area contributed by atoms with Crippen molar-refractivity contribution in [3.05, 3.63) is 34.1 Å². The van der Waals surface area contributed by atoms with E-state index in [1.807, 2.05) is 6.07 Å². The Morgan fingerprint density at radius 3 is 2.87 bits per heavy atom. The van der Waals surface area contributed by atoms with Crippen LogP contribution in [0.1, 0.15) is 11.6 Å². The third-order valence-electron chi connectivity index (χ3n) is 1.86. The number of aliphatic hydroxyl groups is 1. The topological polar surface area (TPSA) is 56.0 Å². The number of benzene rings is 1. The highest BCUT2D eigenvalue weighted by Crippen LogP contribution is 2.23. The summed E-state index contributed by atoms with van der Waals surface area (Å²) in [5, 5.41) is 20.4. The second kappa shape index (κ2) is 5.81. The molecule has 1 rings (SSSR count). The van der Waals surface area contributed by atoms with Crippen molar-refractivity contribution in [1.82, 2.24) is 5.32 Å². The van der Waals surface area contributed by atoms with Crippen LogP contribution >= 0.6 is 15.9 Å². The van der Waals surface area contributed by atoms with Gasteiger partial charge in [-0.3, -0.25) is 5.32 Å². The fourth-order valence-electron chi connectivity index (χ4n) is 1.17. The Kier molecular flexibility index (Phi) is 4.69. The maximum Gasteiger partial charge on any atom is 0.124 e. The van der Waals surface area contributed by atoms with Gasteiger partial charge in [0.15, 0.2) is 0 Å². The minimum atomic E-state index is -0.549.